The first-order valence-electron chi connectivity index (χ1n) is 7.29. The quantitative estimate of drug-likeness (QED) is 0.390. The molecular formula is C17H13BrClN3OS2. The van der Waals surface area contributed by atoms with Crippen molar-refractivity contribution in [1.82, 2.24) is 10.2 Å². The van der Waals surface area contributed by atoms with Gasteiger partial charge in [-0.15, -0.1) is 10.2 Å². The molecule has 1 amide bonds. The third kappa shape index (κ3) is 5.04. The number of anilines is 1. The maximum atomic E-state index is 12.3. The van der Waals surface area contributed by atoms with E-state index in [1.165, 1.54) is 16.9 Å². The number of thioether (sulfide) groups is 1. The molecule has 0 bridgehead atoms. The number of aromatic nitrogens is 2. The van der Waals surface area contributed by atoms with E-state index in [0.717, 1.165) is 20.1 Å². The number of aryl methyl sites for hydroxylation is 1. The summed E-state index contributed by atoms with van der Waals surface area (Å²) in [5.74, 6) is 0.505. The second kappa shape index (κ2) is 8.31. The van der Waals surface area contributed by atoms with Crippen molar-refractivity contribution >= 4 is 61.7 Å². The van der Waals surface area contributed by atoms with E-state index in [2.05, 4.69) is 43.6 Å². The molecule has 0 aliphatic carbocycles. The maximum Gasteiger partial charge on any atom is 0.259 e. The van der Waals surface area contributed by atoms with Gasteiger partial charge in [-0.25, -0.2) is 0 Å². The minimum Gasteiger partial charge on any atom is -0.296 e. The molecule has 1 heterocycles. The minimum absolute atomic E-state index is 0.286. The summed E-state index contributed by atoms with van der Waals surface area (Å²) < 4.78 is 1.85. The highest BCUT2D eigenvalue weighted by Crippen LogP contribution is 2.29. The third-order valence-corrected chi connectivity index (χ3v) is 6.16. The molecule has 0 saturated carbocycles. The van der Waals surface area contributed by atoms with Crippen molar-refractivity contribution in [2.24, 2.45) is 0 Å². The molecule has 0 saturated heterocycles. The van der Waals surface area contributed by atoms with E-state index >= 15 is 0 Å². The molecule has 0 aliphatic rings. The molecule has 0 fully saturated rings. The molecule has 3 aromatic rings. The van der Waals surface area contributed by atoms with E-state index in [1.54, 1.807) is 23.9 Å². The first kappa shape index (κ1) is 18.4. The van der Waals surface area contributed by atoms with Crippen LogP contribution in [0, 0.1) is 6.92 Å². The van der Waals surface area contributed by atoms with Crippen LogP contribution in [0.2, 0.25) is 5.02 Å². The molecule has 2 aromatic carbocycles. The molecule has 0 spiro atoms. The summed E-state index contributed by atoms with van der Waals surface area (Å²) in [7, 11) is 0. The van der Waals surface area contributed by atoms with Crippen LogP contribution in [-0.2, 0) is 5.75 Å². The second-order valence-corrected chi connectivity index (χ2v) is 8.75. The van der Waals surface area contributed by atoms with E-state index in [9.17, 15) is 4.79 Å². The Kier molecular flexibility index (Phi) is 6.11. The molecule has 0 radical (unpaired) electrons. The van der Waals surface area contributed by atoms with Crippen molar-refractivity contribution < 1.29 is 4.79 Å². The highest BCUT2D eigenvalue weighted by molar-refractivity contribution is 9.10. The number of amides is 1. The van der Waals surface area contributed by atoms with Gasteiger partial charge in [0.25, 0.3) is 5.91 Å². The maximum absolute atomic E-state index is 12.3. The van der Waals surface area contributed by atoms with Gasteiger partial charge in [0.15, 0.2) is 4.34 Å². The SMILES string of the molecule is Cc1ccc(C(=O)Nc2nnc(SCc3ccc(Br)cc3)s2)c(Cl)c1. The Morgan fingerprint density at radius 2 is 2.00 bits per heavy atom. The summed E-state index contributed by atoms with van der Waals surface area (Å²) in [4.78, 5) is 12.3. The van der Waals surface area contributed by atoms with E-state index in [0.29, 0.717) is 15.7 Å². The molecule has 128 valence electrons. The zero-order chi connectivity index (χ0) is 17.8. The number of benzene rings is 2. The average Bonchev–Trinajstić information content (AvgIpc) is 3.01. The van der Waals surface area contributed by atoms with Gasteiger partial charge in [-0.1, -0.05) is 68.8 Å². The number of nitrogens with zero attached hydrogens (tertiary/aromatic N) is 2. The van der Waals surface area contributed by atoms with Gasteiger partial charge < -0.3 is 0 Å². The highest BCUT2D eigenvalue weighted by Gasteiger charge is 2.13. The number of carbonyl (C=O) groups excluding carboxylic acids is 1. The van der Waals surface area contributed by atoms with Crippen molar-refractivity contribution in [3.8, 4) is 0 Å². The van der Waals surface area contributed by atoms with Gasteiger partial charge in [0.2, 0.25) is 5.13 Å². The number of hydrogen-bond acceptors (Lipinski definition) is 5. The lowest BCUT2D eigenvalue weighted by Gasteiger charge is -2.04. The van der Waals surface area contributed by atoms with Gasteiger partial charge in [-0.05, 0) is 42.3 Å². The van der Waals surface area contributed by atoms with Gasteiger partial charge in [0, 0.05) is 10.2 Å². The van der Waals surface area contributed by atoms with E-state index in [-0.39, 0.29) is 5.91 Å². The van der Waals surface area contributed by atoms with Gasteiger partial charge in [0.1, 0.15) is 0 Å². The fraction of sp³-hybridized carbons (Fsp3) is 0.118. The summed E-state index contributed by atoms with van der Waals surface area (Å²) in [5, 5.41) is 11.8. The van der Waals surface area contributed by atoms with Crippen LogP contribution in [-0.4, -0.2) is 16.1 Å². The number of nitrogens with one attached hydrogen (secondary N) is 1. The standard InChI is InChI=1S/C17H13BrClN3OS2/c1-10-2-7-13(14(19)8-10)15(23)20-16-21-22-17(25-16)24-9-11-3-5-12(18)6-4-11/h2-8H,9H2,1H3,(H,20,21,23). The smallest absolute Gasteiger partial charge is 0.259 e. The Balaban J connectivity index is 1.61. The largest absolute Gasteiger partial charge is 0.296 e. The number of hydrogen-bond donors (Lipinski definition) is 1. The van der Waals surface area contributed by atoms with Crippen LogP contribution in [0.3, 0.4) is 0 Å². The van der Waals surface area contributed by atoms with Crippen molar-refractivity contribution in [2.45, 2.75) is 17.0 Å². The lowest BCUT2D eigenvalue weighted by atomic mass is 10.1. The Bertz CT molecular complexity index is 899. The second-order valence-electron chi connectivity index (χ2n) is 5.23. The molecule has 4 nitrogen and oxygen atoms in total. The molecule has 0 atom stereocenters. The molecular weight excluding hydrogens is 442 g/mol. The zero-order valence-electron chi connectivity index (χ0n) is 13.1. The lowest BCUT2D eigenvalue weighted by molar-refractivity contribution is 0.102. The van der Waals surface area contributed by atoms with Crippen LogP contribution in [0.25, 0.3) is 0 Å². The molecule has 3 rings (SSSR count). The summed E-state index contributed by atoms with van der Waals surface area (Å²) in [6.45, 7) is 1.92. The first-order chi connectivity index (χ1) is 12.0. The van der Waals surface area contributed by atoms with Crippen molar-refractivity contribution in [2.75, 3.05) is 5.32 Å². The molecule has 1 N–H and O–H groups in total. The average molecular weight is 455 g/mol. The number of rotatable bonds is 5. The summed E-state index contributed by atoms with van der Waals surface area (Å²) in [6.07, 6.45) is 0. The zero-order valence-corrected chi connectivity index (χ0v) is 17.1. The minimum atomic E-state index is -0.286. The van der Waals surface area contributed by atoms with Crippen LogP contribution in [0.15, 0.2) is 51.3 Å². The van der Waals surface area contributed by atoms with E-state index in [1.807, 2.05) is 25.1 Å². The Labute approximate surface area is 167 Å². The van der Waals surface area contributed by atoms with Gasteiger partial charge in [-0.2, -0.15) is 0 Å². The fourth-order valence-corrected chi connectivity index (χ4v) is 4.30. The molecule has 25 heavy (non-hydrogen) atoms. The molecule has 0 unspecified atom stereocenters. The van der Waals surface area contributed by atoms with Crippen LogP contribution >= 0.6 is 50.6 Å². The van der Waals surface area contributed by atoms with Gasteiger partial charge in [-0.3, -0.25) is 10.1 Å². The van der Waals surface area contributed by atoms with Crippen LogP contribution in [0.1, 0.15) is 21.5 Å². The van der Waals surface area contributed by atoms with Crippen LogP contribution in [0.5, 0.6) is 0 Å². The molecule has 8 heteroatoms. The fourth-order valence-electron chi connectivity index (χ4n) is 2.01. The number of carbonyl (C=O) groups is 1. The predicted molar refractivity (Wildman–Crippen MR) is 108 cm³/mol. The first-order valence-corrected chi connectivity index (χ1v) is 10.3. The third-order valence-electron chi connectivity index (χ3n) is 3.27. The Hall–Kier alpha value is -1.41. The summed E-state index contributed by atoms with van der Waals surface area (Å²) in [5.41, 5.74) is 2.62. The van der Waals surface area contributed by atoms with Gasteiger partial charge in [0.05, 0.1) is 10.6 Å². The highest BCUT2D eigenvalue weighted by atomic mass is 79.9. The predicted octanol–water partition coefficient (Wildman–Crippen LogP) is 5.81. The normalized spacial score (nSPS) is 10.7. The van der Waals surface area contributed by atoms with E-state index in [4.69, 9.17) is 11.6 Å². The summed E-state index contributed by atoms with van der Waals surface area (Å²) >= 11 is 12.5. The van der Waals surface area contributed by atoms with Crippen LogP contribution < -0.4 is 5.32 Å². The Morgan fingerprint density at radius 3 is 2.72 bits per heavy atom. The topological polar surface area (TPSA) is 54.9 Å². The van der Waals surface area contributed by atoms with Crippen LogP contribution in [0.4, 0.5) is 5.13 Å². The van der Waals surface area contributed by atoms with Crippen molar-refractivity contribution in [3.05, 3.63) is 68.7 Å². The molecule has 0 aliphatic heterocycles. The van der Waals surface area contributed by atoms with Crippen molar-refractivity contribution in [1.29, 1.82) is 0 Å². The molecule has 1 aromatic heterocycles. The summed E-state index contributed by atoms with van der Waals surface area (Å²) in [6, 6.07) is 13.4. The van der Waals surface area contributed by atoms with Crippen molar-refractivity contribution in [3.63, 3.8) is 0 Å². The van der Waals surface area contributed by atoms with Gasteiger partial charge >= 0.3 is 0 Å². The lowest BCUT2D eigenvalue weighted by Crippen LogP contribution is -2.12. The number of halogens is 2. The Morgan fingerprint density at radius 1 is 1.24 bits per heavy atom. The monoisotopic (exact) mass is 453 g/mol. The van der Waals surface area contributed by atoms with E-state index < -0.39 is 0 Å².